The number of nitrogens with one attached hydrogen (secondary N) is 1. The Balaban J connectivity index is 0.00000341. The summed E-state index contributed by atoms with van der Waals surface area (Å²) in [5.74, 6) is -1.07. The number of aromatic amines is 1. The third-order valence-corrected chi connectivity index (χ3v) is 5.58. The molecule has 1 aromatic carbocycles. The Kier molecular flexibility index (Phi) is 7.92. The molecule has 1 radical (unpaired) electrons. The van der Waals surface area contributed by atoms with E-state index in [0.29, 0.717) is 42.4 Å². The molecule has 0 aliphatic carbocycles. The zero-order valence-corrected chi connectivity index (χ0v) is 18.9. The molecule has 2 heterocycles. The van der Waals surface area contributed by atoms with Gasteiger partial charge in [-0.1, -0.05) is 33.8 Å². The number of amides is 2. The largest absolute Gasteiger partial charge is 0.493 e. The number of rotatable bonds is 7. The van der Waals surface area contributed by atoms with E-state index in [0.717, 1.165) is 0 Å². The summed E-state index contributed by atoms with van der Waals surface area (Å²) in [7, 11) is 0. The smallest absolute Gasteiger partial charge is 0.264 e. The fourth-order valence-corrected chi connectivity index (χ4v) is 3.99. The van der Waals surface area contributed by atoms with E-state index in [-0.39, 0.29) is 63.3 Å². The quantitative estimate of drug-likeness (QED) is 0.352. The monoisotopic (exact) mass is 473 g/mol. The number of hydrogen-bond acceptors (Lipinski definition) is 6. The second-order valence-electron chi connectivity index (χ2n) is 7.17. The molecule has 8 nitrogen and oxygen atoms in total. The maximum absolute atomic E-state index is 13.0. The van der Waals surface area contributed by atoms with Crippen LogP contribution in [0.3, 0.4) is 0 Å². The van der Waals surface area contributed by atoms with Crippen LogP contribution in [-0.4, -0.2) is 32.8 Å². The van der Waals surface area contributed by atoms with E-state index in [4.69, 9.17) is 0 Å². The average molecular weight is 474 g/mol. The number of aromatic nitrogens is 1. The molecule has 31 heavy (non-hydrogen) atoms. The van der Waals surface area contributed by atoms with E-state index in [1.807, 2.05) is 27.7 Å². The van der Waals surface area contributed by atoms with Gasteiger partial charge in [-0.3, -0.25) is 24.3 Å². The van der Waals surface area contributed by atoms with E-state index in [9.17, 15) is 19.5 Å². The van der Waals surface area contributed by atoms with Crippen LogP contribution in [0.5, 0.6) is 5.88 Å². The summed E-state index contributed by atoms with van der Waals surface area (Å²) in [5.41, 5.74) is 1.73. The van der Waals surface area contributed by atoms with Gasteiger partial charge >= 0.3 is 0 Å². The van der Waals surface area contributed by atoms with Gasteiger partial charge in [0.05, 0.1) is 16.8 Å². The first kappa shape index (κ1) is 24.5. The Labute approximate surface area is 191 Å². The van der Waals surface area contributed by atoms with Crippen molar-refractivity contribution in [3.05, 3.63) is 50.8 Å². The third-order valence-electron chi connectivity index (χ3n) is 5.58. The van der Waals surface area contributed by atoms with Crippen molar-refractivity contribution in [3.63, 3.8) is 0 Å². The van der Waals surface area contributed by atoms with Gasteiger partial charge in [0.25, 0.3) is 17.4 Å². The number of hydrogen-bond donors (Lipinski definition) is 2. The van der Waals surface area contributed by atoms with Crippen molar-refractivity contribution in [2.75, 3.05) is 0 Å². The first-order valence-corrected chi connectivity index (χ1v) is 10.3. The number of azo groups is 1. The van der Waals surface area contributed by atoms with Crippen molar-refractivity contribution in [3.8, 4) is 5.88 Å². The van der Waals surface area contributed by atoms with E-state index in [1.165, 1.54) is 4.90 Å². The SMILES string of the molecule is CCc1c(N=Nc2cccc3c2C(=O)N(C(CC)CC)C3=O)c(O)[nH]c(=O)c1CC.[Cu]. The molecule has 2 aromatic rings. The van der Waals surface area contributed by atoms with Crippen molar-refractivity contribution in [1.29, 1.82) is 0 Å². The molecular weight excluding hydrogens is 448 g/mol. The van der Waals surface area contributed by atoms with Gasteiger partial charge in [-0.25, -0.2) is 0 Å². The minimum Gasteiger partial charge on any atom is -0.493 e. The molecule has 0 spiro atoms. The standard InChI is InChI=1S/C22H26N4O4.Cu/c1-5-12(6-2)26-21(29)15-10-9-11-16(17(15)22(26)30)24-25-18-13(7-3)14(8-4)19(27)23-20(18)28;/h9-12H,5-8H2,1-4H3,(H2,23,27,28);. The average Bonchev–Trinajstić information content (AvgIpc) is 2.99. The summed E-state index contributed by atoms with van der Waals surface area (Å²) < 4.78 is 0. The zero-order chi connectivity index (χ0) is 22.0. The molecule has 0 saturated carbocycles. The fraction of sp³-hybridized carbons (Fsp3) is 0.409. The van der Waals surface area contributed by atoms with Crippen LogP contribution in [0.1, 0.15) is 72.4 Å². The van der Waals surface area contributed by atoms with Gasteiger partial charge in [0.1, 0.15) is 5.69 Å². The molecule has 0 atom stereocenters. The van der Waals surface area contributed by atoms with Crippen LogP contribution in [0.4, 0.5) is 11.4 Å². The first-order valence-electron chi connectivity index (χ1n) is 10.3. The molecule has 0 bridgehead atoms. The van der Waals surface area contributed by atoms with Crippen LogP contribution < -0.4 is 5.56 Å². The molecule has 0 unspecified atom stereocenters. The van der Waals surface area contributed by atoms with E-state index < -0.39 is 0 Å². The first-order chi connectivity index (χ1) is 14.4. The number of nitrogens with zero attached hydrogens (tertiary/aromatic N) is 3. The number of carbonyl (C=O) groups excluding carboxylic acids is 2. The van der Waals surface area contributed by atoms with Crippen molar-refractivity contribution in [1.82, 2.24) is 9.88 Å². The molecule has 169 valence electrons. The minimum atomic E-state index is -0.381. The predicted octanol–water partition coefficient (Wildman–Crippen LogP) is 4.40. The van der Waals surface area contributed by atoms with Crippen LogP contribution in [0.2, 0.25) is 0 Å². The summed E-state index contributed by atoms with van der Waals surface area (Å²) in [4.78, 5) is 41.6. The maximum atomic E-state index is 13.0. The van der Waals surface area contributed by atoms with E-state index >= 15 is 0 Å². The van der Waals surface area contributed by atoms with Crippen molar-refractivity contribution >= 4 is 23.2 Å². The molecular formula is C22H26CuN4O4. The van der Waals surface area contributed by atoms with Gasteiger partial charge in [-0.2, -0.15) is 0 Å². The molecule has 2 N–H and O–H groups in total. The maximum Gasteiger partial charge on any atom is 0.264 e. The third kappa shape index (κ3) is 4.20. The summed E-state index contributed by atoms with van der Waals surface area (Å²) in [6.45, 7) is 7.59. The number of pyridine rings is 1. The van der Waals surface area contributed by atoms with Gasteiger partial charge in [0.2, 0.25) is 5.88 Å². The van der Waals surface area contributed by atoms with Crippen molar-refractivity contribution < 1.29 is 31.8 Å². The summed E-state index contributed by atoms with van der Waals surface area (Å²) in [5, 5.41) is 18.6. The Bertz CT molecular complexity index is 1090. The molecule has 0 fully saturated rings. The summed E-state index contributed by atoms with van der Waals surface area (Å²) >= 11 is 0. The van der Waals surface area contributed by atoms with Gasteiger partial charge in [-0.15, -0.1) is 10.2 Å². The normalized spacial score (nSPS) is 13.3. The zero-order valence-electron chi connectivity index (χ0n) is 18.0. The van der Waals surface area contributed by atoms with Gasteiger partial charge < -0.3 is 5.11 Å². The number of carbonyl (C=O) groups is 2. The Morgan fingerprint density at radius 1 is 0.968 bits per heavy atom. The Morgan fingerprint density at radius 2 is 1.61 bits per heavy atom. The van der Waals surface area contributed by atoms with Crippen LogP contribution in [-0.2, 0) is 29.9 Å². The van der Waals surface area contributed by atoms with Gasteiger partial charge in [0, 0.05) is 28.7 Å². The Morgan fingerprint density at radius 3 is 2.19 bits per heavy atom. The summed E-state index contributed by atoms with van der Waals surface area (Å²) in [6, 6.07) is 4.70. The van der Waals surface area contributed by atoms with Crippen LogP contribution in [0.15, 0.2) is 33.2 Å². The second kappa shape index (κ2) is 10.0. The van der Waals surface area contributed by atoms with Crippen LogP contribution in [0.25, 0.3) is 0 Å². The number of H-pyrrole nitrogens is 1. The molecule has 1 aliphatic heterocycles. The number of aromatic hydroxyl groups is 1. The van der Waals surface area contributed by atoms with Crippen molar-refractivity contribution in [2.45, 2.75) is 59.4 Å². The van der Waals surface area contributed by atoms with Gasteiger partial charge in [0.15, 0.2) is 0 Å². The Hall–Kier alpha value is -2.77. The second-order valence-corrected chi connectivity index (χ2v) is 7.17. The van der Waals surface area contributed by atoms with Crippen LogP contribution >= 0.6 is 0 Å². The minimum absolute atomic E-state index is 0. The molecule has 2 amide bonds. The predicted molar refractivity (Wildman–Crippen MR) is 113 cm³/mol. The molecule has 0 saturated heterocycles. The van der Waals surface area contributed by atoms with Crippen molar-refractivity contribution in [2.24, 2.45) is 10.2 Å². The molecule has 3 rings (SSSR count). The number of fused-ring (bicyclic) bond motifs is 1. The summed E-state index contributed by atoms with van der Waals surface area (Å²) in [6.07, 6.45) is 2.31. The number of imide groups is 1. The van der Waals surface area contributed by atoms with Gasteiger partial charge in [-0.05, 0) is 43.4 Å². The molecule has 1 aliphatic rings. The van der Waals surface area contributed by atoms with Crippen LogP contribution in [0, 0.1) is 0 Å². The number of benzene rings is 1. The molecule has 9 heteroatoms. The van der Waals surface area contributed by atoms with E-state index in [2.05, 4.69) is 15.2 Å². The fourth-order valence-electron chi connectivity index (χ4n) is 3.99. The topological polar surface area (TPSA) is 115 Å². The molecule has 1 aromatic heterocycles. The van der Waals surface area contributed by atoms with E-state index in [1.54, 1.807) is 18.2 Å².